The monoisotopic (exact) mass is 439 g/mol. The molecule has 0 radical (unpaired) electrons. The van der Waals surface area contributed by atoms with Crippen molar-refractivity contribution < 1.29 is 9.59 Å². The lowest BCUT2D eigenvalue weighted by molar-refractivity contribution is -0.118. The summed E-state index contributed by atoms with van der Waals surface area (Å²) >= 11 is 3.01. The average molecular weight is 440 g/mol. The molecule has 3 aromatic rings. The normalized spacial score (nSPS) is 11.7. The number of hydrogen-bond donors (Lipinski definition) is 2. The Morgan fingerprint density at radius 1 is 1.10 bits per heavy atom. The van der Waals surface area contributed by atoms with E-state index in [1.165, 1.54) is 16.9 Å². The number of aryl methyl sites for hydroxylation is 2. The lowest BCUT2D eigenvalue weighted by Crippen LogP contribution is -2.44. The van der Waals surface area contributed by atoms with E-state index in [-0.39, 0.29) is 11.8 Å². The summed E-state index contributed by atoms with van der Waals surface area (Å²) in [6.07, 6.45) is 2.52. The lowest BCUT2D eigenvalue weighted by Gasteiger charge is -2.17. The first-order valence-corrected chi connectivity index (χ1v) is 11.9. The molecular weight excluding hydrogens is 414 g/mol. The maximum atomic E-state index is 12.9. The predicted molar refractivity (Wildman–Crippen MR) is 126 cm³/mol. The molecule has 7 heteroatoms. The van der Waals surface area contributed by atoms with Crippen molar-refractivity contribution in [1.29, 1.82) is 0 Å². The third kappa shape index (κ3) is 5.93. The maximum absolute atomic E-state index is 12.9. The molecule has 3 rings (SSSR count). The van der Waals surface area contributed by atoms with Crippen LogP contribution in [0, 0.1) is 13.8 Å². The van der Waals surface area contributed by atoms with Crippen LogP contribution in [0.1, 0.15) is 27.9 Å². The third-order valence-electron chi connectivity index (χ3n) is 4.59. The van der Waals surface area contributed by atoms with Crippen LogP contribution in [0.4, 0.5) is 5.13 Å². The van der Waals surface area contributed by atoms with Crippen molar-refractivity contribution in [2.24, 2.45) is 0 Å². The van der Waals surface area contributed by atoms with Crippen LogP contribution in [0.15, 0.2) is 53.9 Å². The van der Waals surface area contributed by atoms with Crippen LogP contribution < -0.4 is 10.6 Å². The Morgan fingerprint density at radius 3 is 2.57 bits per heavy atom. The van der Waals surface area contributed by atoms with Crippen molar-refractivity contribution in [3.05, 3.63) is 70.6 Å². The van der Waals surface area contributed by atoms with E-state index in [9.17, 15) is 9.59 Å². The summed E-state index contributed by atoms with van der Waals surface area (Å²) in [6, 6.07) is 14.8. The molecule has 2 aromatic carbocycles. The molecule has 0 saturated heterocycles. The molecule has 1 heterocycles. The number of hydrogen-bond acceptors (Lipinski definition) is 5. The smallest absolute Gasteiger partial charge is 0.251 e. The Kier molecular flexibility index (Phi) is 7.65. The van der Waals surface area contributed by atoms with Crippen LogP contribution in [0.25, 0.3) is 11.3 Å². The number of benzene rings is 2. The van der Waals surface area contributed by atoms with E-state index in [1.807, 2.05) is 67.9 Å². The Bertz CT molecular complexity index is 1020. The second-order valence-corrected chi connectivity index (χ2v) is 8.91. The molecule has 2 amide bonds. The van der Waals surface area contributed by atoms with E-state index in [2.05, 4.69) is 15.6 Å². The van der Waals surface area contributed by atoms with E-state index in [0.717, 1.165) is 22.6 Å². The summed E-state index contributed by atoms with van der Waals surface area (Å²) in [5.41, 5.74) is 4.55. The quantitative estimate of drug-likeness (QED) is 0.523. The van der Waals surface area contributed by atoms with Gasteiger partial charge in [0.1, 0.15) is 6.04 Å². The first-order valence-electron chi connectivity index (χ1n) is 9.66. The molecule has 0 aliphatic heterocycles. The second-order valence-electron chi connectivity index (χ2n) is 7.07. The molecular formula is C23H25N3O2S2. The van der Waals surface area contributed by atoms with Crippen LogP contribution in [0.2, 0.25) is 0 Å². The zero-order chi connectivity index (χ0) is 21.5. The SMILES string of the molecule is CSCCC(NC(=O)c1cccc(C)c1)C(=O)Nc1nc(-c2ccc(C)cc2)cs1. The van der Waals surface area contributed by atoms with Crippen molar-refractivity contribution in [3.63, 3.8) is 0 Å². The standard InChI is InChI=1S/C23H25N3O2S2/c1-15-7-9-17(10-8-15)20-14-30-23(25-20)26-22(28)19(11-12-29-3)24-21(27)18-6-4-5-16(2)13-18/h4-10,13-14,19H,11-12H2,1-3H3,(H,24,27)(H,25,26,28). The molecule has 30 heavy (non-hydrogen) atoms. The number of thiazole rings is 1. The Balaban J connectivity index is 1.69. The Labute approximate surface area is 185 Å². The first kappa shape index (κ1) is 22.1. The van der Waals surface area contributed by atoms with Crippen molar-refractivity contribution in [1.82, 2.24) is 10.3 Å². The van der Waals surface area contributed by atoms with E-state index >= 15 is 0 Å². The summed E-state index contributed by atoms with van der Waals surface area (Å²) in [5, 5.41) is 8.18. The number of rotatable bonds is 8. The highest BCUT2D eigenvalue weighted by molar-refractivity contribution is 7.98. The van der Waals surface area contributed by atoms with Crippen LogP contribution in [0.5, 0.6) is 0 Å². The van der Waals surface area contributed by atoms with Gasteiger partial charge < -0.3 is 10.6 Å². The van der Waals surface area contributed by atoms with E-state index < -0.39 is 6.04 Å². The first-order chi connectivity index (χ1) is 14.5. The fourth-order valence-electron chi connectivity index (χ4n) is 2.91. The molecule has 0 bridgehead atoms. The molecule has 0 aliphatic rings. The van der Waals surface area contributed by atoms with Gasteiger partial charge in [-0.25, -0.2) is 4.98 Å². The fourth-order valence-corrected chi connectivity index (χ4v) is 4.11. The van der Waals surface area contributed by atoms with Gasteiger partial charge in [-0.05, 0) is 44.4 Å². The minimum absolute atomic E-state index is 0.251. The molecule has 0 aliphatic carbocycles. The van der Waals surface area contributed by atoms with Gasteiger partial charge in [0.05, 0.1) is 5.69 Å². The second kappa shape index (κ2) is 10.4. The third-order valence-corrected chi connectivity index (χ3v) is 6.00. The van der Waals surface area contributed by atoms with Gasteiger partial charge in [-0.3, -0.25) is 9.59 Å². The van der Waals surface area contributed by atoms with Gasteiger partial charge in [0.25, 0.3) is 5.91 Å². The molecule has 2 N–H and O–H groups in total. The number of thioether (sulfide) groups is 1. The lowest BCUT2D eigenvalue weighted by atomic mass is 10.1. The molecule has 0 spiro atoms. The minimum Gasteiger partial charge on any atom is -0.340 e. The highest BCUT2D eigenvalue weighted by atomic mass is 32.2. The number of nitrogens with one attached hydrogen (secondary N) is 2. The van der Waals surface area contributed by atoms with Gasteiger partial charge in [-0.2, -0.15) is 11.8 Å². The van der Waals surface area contributed by atoms with Gasteiger partial charge in [0.15, 0.2) is 5.13 Å². The molecule has 5 nitrogen and oxygen atoms in total. The molecule has 0 saturated carbocycles. The molecule has 1 aromatic heterocycles. The zero-order valence-electron chi connectivity index (χ0n) is 17.3. The predicted octanol–water partition coefficient (Wildman–Crippen LogP) is 4.92. The number of amides is 2. The molecule has 156 valence electrons. The summed E-state index contributed by atoms with van der Waals surface area (Å²) in [6.45, 7) is 3.97. The molecule has 1 atom stereocenters. The number of nitrogens with zero attached hydrogens (tertiary/aromatic N) is 1. The number of carbonyl (C=O) groups is 2. The average Bonchev–Trinajstić information content (AvgIpc) is 3.19. The zero-order valence-corrected chi connectivity index (χ0v) is 18.9. The van der Waals surface area contributed by atoms with Gasteiger partial charge in [-0.15, -0.1) is 11.3 Å². The highest BCUT2D eigenvalue weighted by Crippen LogP contribution is 2.25. The summed E-state index contributed by atoms with van der Waals surface area (Å²) in [5.74, 6) is 0.257. The Morgan fingerprint density at radius 2 is 1.87 bits per heavy atom. The largest absolute Gasteiger partial charge is 0.340 e. The summed E-state index contributed by atoms with van der Waals surface area (Å²) in [7, 11) is 0. The van der Waals surface area contributed by atoms with Gasteiger partial charge in [0.2, 0.25) is 5.91 Å². The van der Waals surface area contributed by atoms with Crippen molar-refractivity contribution in [3.8, 4) is 11.3 Å². The van der Waals surface area contributed by atoms with E-state index in [4.69, 9.17) is 0 Å². The van der Waals surface area contributed by atoms with Crippen LogP contribution in [-0.4, -0.2) is 34.8 Å². The fraction of sp³-hybridized carbons (Fsp3) is 0.261. The van der Waals surface area contributed by atoms with Gasteiger partial charge >= 0.3 is 0 Å². The number of aromatic nitrogens is 1. The van der Waals surface area contributed by atoms with Crippen LogP contribution in [-0.2, 0) is 4.79 Å². The van der Waals surface area contributed by atoms with Gasteiger partial charge in [-0.1, -0.05) is 47.5 Å². The van der Waals surface area contributed by atoms with Crippen LogP contribution in [0.3, 0.4) is 0 Å². The van der Waals surface area contributed by atoms with Crippen molar-refractivity contribution in [2.75, 3.05) is 17.3 Å². The molecule has 1 unspecified atom stereocenters. The number of anilines is 1. The van der Waals surface area contributed by atoms with Crippen molar-refractivity contribution >= 4 is 40.0 Å². The summed E-state index contributed by atoms with van der Waals surface area (Å²) < 4.78 is 0. The summed E-state index contributed by atoms with van der Waals surface area (Å²) in [4.78, 5) is 30.0. The number of carbonyl (C=O) groups excluding carboxylic acids is 2. The maximum Gasteiger partial charge on any atom is 0.251 e. The highest BCUT2D eigenvalue weighted by Gasteiger charge is 2.22. The van der Waals surface area contributed by atoms with E-state index in [1.54, 1.807) is 17.8 Å². The molecule has 0 fully saturated rings. The van der Waals surface area contributed by atoms with Crippen LogP contribution >= 0.6 is 23.1 Å². The topological polar surface area (TPSA) is 71.1 Å². The van der Waals surface area contributed by atoms with Gasteiger partial charge in [0, 0.05) is 16.5 Å². The Hall–Kier alpha value is -2.64. The van der Waals surface area contributed by atoms with Crippen molar-refractivity contribution in [2.45, 2.75) is 26.3 Å². The van der Waals surface area contributed by atoms with E-state index in [0.29, 0.717) is 17.1 Å². The minimum atomic E-state index is -0.628.